The van der Waals surface area contributed by atoms with Gasteiger partial charge in [-0.1, -0.05) is 56.3 Å². The van der Waals surface area contributed by atoms with E-state index in [4.69, 9.17) is 0 Å². The summed E-state index contributed by atoms with van der Waals surface area (Å²) in [5, 5.41) is 18.7. The predicted octanol–water partition coefficient (Wildman–Crippen LogP) is 3.68. The maximum absolute atomic E-state index is 13.0. The van der Waals surface area contributed by atoms with Crippen molar-refractivity contribution in [2.45, 2.75) is 51.7 Å². The minimum absolute atomic E-state index is 0.133. The van der Waals surface area contributed by atoms with Crippen LogP contribution in [-0.4, -0.2) is 88.3 Å². The lowest BCUT2D eigenvalue weighted by Crippen LogP contribution is -2.51. The van der Waals surface area contributed by atoms with Gasteiger partial charge in [0.05, 0.1) is 24.2 Å². The number of aliphatic hydroxyl groups is 1. The fraction of sp³-hybridized carbons (Fsp3) is 0.485. The number of aromatic nitrogens is 2. The summed E-state index contributed by atoms with van der Waals surface area (Å²) in [5.74, 6) is 0.860. The Morgan fingerprint density at radius 2 is 1.98 bits per heavy atom. The second-order valence-electron chi connectivity index (χ2n) is 12.0. The number of nitrogens with zero attached hydrogens (tertiary/aromatic N) is 5. The fourth-order valence-corrected chi connectivity index (χ4v) is 5.73. The minimum atomic E-state index is -0.951. The number of hydrogen-bond acceptors (Lipinski definition) is 7. The maximum atomic E-state index is 13.0. The van der Waals surface area contributed by atoms with Crippen molar-refractivity contribution in [3.05, 3.63) is 59.3 Å². The summed E-state index contributed by atoms with van der Waals surface area (Å²) in [6, 6.07) is 7.79. The lowest BCUT2D eigenvalue weighted by molar-refractivity contribution is -0.136. The van der Waals surface area contributed by atoms with Gasteiger partial charge in [-0.25, -0.2) is 4.99 Å². The van der Waals surface area contributed by atoms with E-state index in [-0.39, 0.29) is 17.5 Å². The van der Waals surface area contributed by atoms with Crippen LogP contribution >= 0.6 is 0 Å². The van der Waals surface area contributed by atoms with Gasteiger partial charge in [0.2, 0.25) is 5.91 Å². The van der Waals surface area contributed by atoms with Crippen molar-refractivity contribution in [1.82, 2.24) is 24.9 Å². The smallest absolute Gasteiger partial charge is 0.223 e. The number of aldehydes is 2. The third kappa shape index (κ3) is 8.36. The molecule has 0 radical (unpaired) electrons. The summed E-state index contributed by atoms with van der Waals surface area (Å²) in [6.45, 7) is 6.54. The Morgan fingerprint density at radius 3 is 2.60 bits per heavy atom. The minimum Gasteiger partial charge on any atom is -0.388 e. The fourth-order valence-electron chi connectivity index (χ4n) is 5.73. The highest BCUT2D eigenvalue weighted by Gasteiger charge is 2.35. The molecule has 1 saturated heterocycles. The second-order valence-corrected chi connectivity index (χ2v) is 12.0. The van der Waals surface area contributed by atoms with E-state index in [2.05, 4.69) is 47.5 Å². The van der Waals surface area contributed by atoms with Crippen LogP contribution in [0.4, 0.5) is 5.69 Å². The zero-order chi connectivity index (χ0) is 31.0. The maximum Gasteiger partial charge on any atom is 0.223 e. The molecule has 43 heavy (non-hydrogen) atoms. The predicted molar refractivity (Wildman–Crippen MR) is 168 cm³/mol. The number of nitrogens with one attached hydrogen (secondary N) is 1. The molecule has 2 N–H and O–H groups in total. The quantitative estimate of drug-likeness (QED) is 0.159. The van der Waals surface area contributed by atoms with Crippen LogP contribution in [0.1, 0.15) is 55.6 Å². The molecule has 1 amide bonds. The Hall–Kier alpha value is -3.89. The first-order valence-corrected chi connectivity index (χ1v) is 15.0. The van der Waals surface area contributed by atoms with Crippen molar-refractivity contribution in [2.75, 3.05) is 33.2 Å². The second kappa shape index (κ2) is 14.5. The van der Waals surface area contributed by atoms with Crippen LogP contribution in [0, 0.1) is 11.8 Å². The molecule has 2 aliphatic rings. The van der Waals surface area contributed by atoms with E-state index >= 15 is 0 Å². The number of likely N-dealkylation sites (tertiary alicyclic amines) is 1. The molecule has 1 aliphatic heterocycles. The van der Waals surface area contributed by atoms with Crippen molar-refractivity contribution >= 4 is 30.5 Å². The largest absolute Gasteiger partial charge is 0.388 e. The van der Waals surface area contributed by atoms with Gasteiger partial charge < -0.3 is 25.0 Å². The van der Waals surface area contributed by atoms with Gasteiger partial charge in [0.25, 0.3) is 0 Å². The number of hydrogen-bond donors (Lipinski definition) is 2. The van der Waals surface area contributed by atoms with Crippen LogP contribution < -0.4 is 5.32 Å². The van der Waals surface area contributed by atoms with Crippen LogP contribution in [0.3, 0.4) is 0 Å². The van der Waals surface area contributed by atoms with Crippen molar-refractivity contribution in [2.24, 2.45) is 23.9 Å². The van der Waals surface area contributed by atoms with Gasteiger partial charge in [-0.2, -0.15) is 5.10 Å². The summed E-state index contributed by atoms with van der Waals surface area (Å²) in [6.07, 6.45) is 12.2. The third-order valence-corrected chi connectivity index (χ3v) is 8.31. The van der Waals surface area contributed by atoms with E-state index in [1.54, 1.807) is 18.1 Å². The monoisotopic (exact) mass is 588 g/mol. The van der Waals surface area contributed by atoms with Crippen molar-refractivity contribution in [3.63, 3.8) is 0 Å². The van der Waals surface area contributed by atoms with Gasteiger partial charge in [-0.05, 0) is 42.2 Å². The van der Waals surface area contributed by atoms with Crippen molar-refractivity contribution < 1.29 is 19.5 Å². The standard InChI is InChI=1S/C33H44N6O4/c1-24-5-9-27(10-6-24)25(2)19-30(42)39-16-13-33(43,14-17-39)22-37(3)23-35-31-29(21-41)36-38(4)32(31)28-11-7-26(8-12-28)20-34-15-18-40/h5,7-12,18,21,23-25,34,43H,6,13-17,19-20,22H2,1-4H3. The van der Waals surface area contributed by atoms with Crippen LogP contribution in [0.25, 0.3) is 11.3 Å². The number of amides is 1. The molecule has 2 aromatic rings. The summed E-state index contributed by atoms with van der Waals surface area (Å²) >= 11 is 0. The first-order valence-electron chi connectivity index (χ1n) is 15.0. The van der Waals surface area contributed by atoms with Crippen LogP contribution in [0.2, 0.25) is 0 Å². The molecule has 10 nitrogen and oxygen atoms in total. The lowest BCUT2D eigenvalue weighted by Gasteiger charge is -2.40. The Bertz CT molecular complexity index is 1370. The highest BCUT2D eigenvalue weighted by Crippen LogP contribution is 2.33. The molecule has 230 valence electrons. The Labute approximate surface area is 254 Å². The highest BCUT2D eigenvalue weighted by molar-refractivity contribution is 5.89. The molecule has 2 heterocycles. The van der Waals surface area contributed by atoms with E-state index in [0.717, 1.165) is 23.8 Å². The van der Waals surface area contributed by atoms with E-state index < -0.39 is 5.60 Å². The van der Waals surface area contributed by atoms with E-state index in [0.29, 0.717) is 75.6 Å². The lowest BCUT2D eigenvalue weighted by atomic mass is 9.88. The number of benzene rings is 1. The molecule has 1 aliphatic carbocycles. The molecule has 0 bridgehead atoms. The Kier molecular flexibility index (Phi) is 10.8. The van der Waals surface area contributed by atoms with Gasteiger partial charge in [0, 0.05) is 52.3 Å². The molecule has 4 rings (SSSR count). The Balaban J connectivity index is 1.35. The van der Waals surface area contributed by atoms with Crippen LogP contribution in [-0.2, 0) is 23.2 Å². The zero-order valence-corrected chi connectivity index (χ0v) is 25.7. The zero-order valence-electron chi connectivity index (χ0n) is 25.7. The molecule has 1 aromatic heterocycles. The van der Waals surface area contributed by atoms with Gasteiger partial charge in [-0.15, -0.1) is 0 Å². The van der Waals surface area contributed by atoms with Crippen LogP contribution in [0.5, 0.6) is 0 Å². The summed E-state index contributed by atoms with van der Waals surface area (Å²) in [5.41, 5.74) is 3.54. The topological polar surface area (TPSA) is 120 Å². The number of piperidine rings is 1. The molecule has 10 heteroatoms. The van der Waals surface area contributed by atoms with Gasteiger partial charge in [0.1, 0.15) is 12.0 Å². The van der Waals surface area contributed by atoms with E-state index in [1.807, 2.05) is 41.1 Å². The van der Waals surface area contributed by atoms with Gasteiger partial charge in [0.15, 0.2) is 12.0 Å². The molecule has 1 aromatic carbocycles. The number of carbonyl (C=O) groups is 3. The first kappa shape index (κ1) is 32.0. The normalized spacial score (nSPS) is 18.9. The average Bonchev–Trinajstić information content (AvgIpc) is 3.31. The average molecular weight is 589 g/mol. The number of rotatable bonds is 13. The van der Waals surface area contributed by atoms with E-state index in [9.17, 15) is 19.5 Å². The molecule has 0 spiro atoms. The summed E-state index contributed by atoms with van der Waals surface area (Å²) < 4.78 is 1.64. The number of allylic oxidation sites excluding steroid dienone is 4. The highest BCUT2D eigenvalue weighted by atomic mass is 16.3. The Morgan fingerprint density at radius 1 is 1.26 bits per heavy atom. The summed E-state index contributed by atoms with van der Waals surface area (Å²) in [7, 11) is 3.61. The molecular formula is C33H44N6O4. The third-order valence-electron chi connectivity index (χ3n) is 8.31. The molecule has 0 saturated carbocycles. The molecule has 2 atom stereocenters. The molecule has 2 unspecified atom stereocenters. The van der Waals surface area contributed by atoms with Crippen LogP contribution in [0.15, 0.2) is 53.1 Å². The summed E-state index contributed by atoms with van der Waals surface area (Å²) in [4.78, 5) is 43.7. The first-order chi connectivity index (χ1) is 20.6. The number of likely N-dealkylation sites (N-methyl/N-ethyl adjacent to an activating group) is 1. The number of aliphatic imine (C=N–C) groups is 1. The number of carbonyl (C=O) groups excluding carboxylic acids is 3. The van der Waals surface area contributed by atoms with Gasteiger partial charge >= 0.3 is 0 Å². The molecular weight excluding hydrogens is 544 g/mol. The van der Waals surface area contributed by atoms with Gasteiger partial charge in [-0.3, -0.25) is 14.3 Å². The van der Waals surface area contributed by atoms with Crippen molar-refractivity contribution in [3.8, 4) is 11.3 Å². The number of aryl methyl sites for hydroxylation is 1. The molecule has 1 fully saturated rings. The van der Waals surface area contributed by atoms with Crippen molar-refractivity contribution in [1.29, 1.82) is 0 Å². The van der Waals surface area contributed by atoms with E-state index in [1.165, 1.54) is 5.57 Å². The SMILES string of the molecule is CC1C=CC(C(C)CC(=O)N2CCC(O)(CN(C)C=Nc3c(C=O)nn(C)c3-c3ccc(CNCC=O)cc3)CC2)=CC1.